The highest BCUT2D eigenvalue weighted by Gasteiger charge is 2.25. The fraction of sp³-hybridized carbons (Fsp3) is 0.455. The Morgan fingerprint density at radius 1 is 1.06 bits per heavy atom. The molecule has 0 amide bonds. The number of H-pyrrole nitrogens is 1. The van der Waals surface area contributed by atoms with Crippen LogP contribution >= 0.6 is 11.3 Å². The van der Waals surface area contributed by atoms with Crippen molar-refractivity contribution in [3.63, 3.8) is 0 Å². The molecule has 0 aliphatic carbocycles. The van der Waals surface area contributed by atoms with E-state index in [0.717, 1.165) is 52.4 Å². The Labute approximate surface area is 206 Å². The van der Waals surface area contributed by atoms with Crippen LogP contribution in [0.25, 0.3) is 32.8 Å². The molecular weight excluding hydrogens is 488 g/mol. The van der Waals surface area contributed by atoms with Gasteiger partial charge in [-0.25, -0.2) is 28.4 Å². The zero-order valence-electron chi connectivity index (χ0n) is 19.3. The van der Waals surface area contributed by atoms with Gasteiger partial charge >= 0.3 is 0 Å². The summed E-state index contributed by atoms with van der Waals surface area (Å²) < 4.78 is 30.8. The normalized spacial score (nSPS) is 18.6. The number of morpholine rings is 1. The summed E-state index contributed by atoms with van der Waals surface area (Å²) in [5, 5.41) is 1.04. The van der Waals surface area contributed by atoms with Crippen LogP contribution in [-0.4, -0.2) is 101 Å². The summed E-state index contributed by atoms with van der Waals surface area (Å²) in [5.74, 6) is 1.55. The molecule has 2 fully saturated rings. The third-order valence-corrected chi connectivity index (χ3v) is 8.76. The number of pyridine rings is 1. The van der Waals surface area contributed by atoms with Gasteiger partial charge in [0.2, 0.25) is 10.0 Å². The number of hydrogen-bond donors (Lipinski definition) is 1. The average Bonchev–Trinajstić information content (AvgIpc) is 3.49. The van der Waals surface area contributed by atoms with Crippen molar-refractivity contribution in [3.05, 3.63) is 29.5 Å². The number of nitrogens with zero attached hydrogens (tertiary/aromatic N) is 7. The third-order valence-electron chi connectivity index (χ3n) is 6.44. The summed E-state index contributed by atoms with van der Waals surface area (Å²) in [4.78, 5) is 28.4. The minimum atomic E-state index is -3.14. The van der Waals surface area contributed by atoms with Gasteiger partial charge in [0.25, 0.3) is 0 Å². The zero-order chi connectivity index (χ0) is 24.0. The van der Waals surface area contributed by atoms with Crippen LogP contribution in [0.5, 0.6) is 0 Å². The van der Waals surface area contributed by atoms with Gasteiger partial charge in [-0.2, -0.15) is 4.31 Å². The maximum absolute atomic E-state index is 11.8. The number of imidazole rings is 1. The maximum atomic E-state index is 11.8. The van der Waals surface area contributed by atoms with Crippen LogP contribution in [0.15, 0.2) is 24.7 Å². The Morgan fingerprint density at radius 3 is 2.63 bits per heavy atom. The third kappa shape index (κ3) is 4.61. The molecule has 2 saturated heterocycles. The molecule has 0 atom stereocenters. The molecule has 11 nitrogen and oxygen atoms in total. The highest BCUT2D eigenvalue weighted by molar-refractivity contribution is 7.88. The maximum Gasteiger partial charge on any atom is 0.211 e. The monoisotopic (exact) mass is 514 g/mol. The number of sulfonamides is 1. The smallest absolute Gasteiger partial charge is 0.211 e. The van der Waals surface area contributed by atoms with E-state index in [1.165, 1.54) is 11.1 Å². The largest absolute Gasteiger partial charge is 0.378 e. The number of nitrogens with one attached hydrogen (secondary N) is 1. The van der Waals surface area contributed by atoms with Gasteiger partial charge in [-0.1, -0.05) is 0 Å². The Balaban J connectivity index is 1.33. The van der Waals surface area contributed by atoms with Crippen LogP contribution < -0.4 is 4.90 Å². The topological polar surface area (TPSA) is 120 Å². The molecule has 184 valence electrons. The van der Waals surface area contributed by atoms with E-state index in [-0.39, 0.29) is 0 Å². The van der Waals surface area contributed by atoms with Crippen molar-refractivity contribution in [2.24, 2.45) is 0 Å². The number of rotatable bonds is 5. The molecule has 13 heteroatoms. The molecule has 4 aromatic rings. The van der Waals surface area contributed by atoms with Gasteiger partial charge in [0, 0.05) is 62.5 Å². The summed E-state index contributed by atoms with van der Waals surface area (Å²) in [6.07, 6.45) is 4.68. The molecule has 1 N–H and O–H groups in total. The van der Waals surface area contributed by atoms with Crippen molar-refractivity contribution in [1.29, 1.82) is 0 Å². The summed E-state index contributed by atoms with van der Waals surface area (Å²) in [5.41, 5.74) is 2.34. The van der Waals surface area contributed by atoms with Crippen molar-refractivity contribution in [2.75, 3.05) is 63.6 Å². The molecule has 0 saturated carbocycles. The molecule has 0 bridgehead atoms. The minimum Gasteiger partial charge on any atom is -0.378 e. The van der Waals surface area contributed by atoms with E-state index >= 15 is 0 Å². The van der Waals surface area contributed by atoms with Crippen LogP contribution in [0.3, 0.4) is 0 Å². The predicted octanol–water partition coefficient (Wildman–Crippen LogP) is 1.54. The Morgan fingerprint density at radius 2 is 1.86 bits per heavy atom. The lowest BCUT2D eigenvalue weighted by atomic mass is 10.2. The first-order valence-corrected chi connectivity index (χ1v) is 14.2. The van der Waals surface area contributed by atoms with Crippen LogP contribution in [0.1, 0.15) is 4.88 Å². The number of anilines is 1. The van der Waals surface area contributed by atoms with Crippen molar-refractivity contribution < 1.29 is 13.2 Å². The van der Waals surface area contributed by atoms with E-state index in [9.17, 15) is 8.42 Å². The van der Waals surface area contributed by atoms with Gasteiger partial charge in [0.1, 0.15) is 16.2 Å². The molecule has 0 unspecified atom stereocenters. The van der Waals surface area contributed by atoms with Gasteiger partial charge in [-0.15, -0.1) is 11.3 Å². The van der Waals surface area contributed by atoms with E-state index in [1.54, 1.807) is 28.2 Å². The summed E-state index contributed by atoms with van der Waals surface area (Å²) in [6, 6.07) is 4.14. The van der Waals surface area contributed by atoms with Gasteiger partial charge in [-0.3, -0.25) is 4.90 Å². The van der Waals surface area contributed by atoms with E-state index in [1.807, 2.05) is 6.07 Å². The van der Waals surface area contributed by atoms with E-state index in [4.69, 9.17) is 14.7 Å². The fourth-order valence-electron chi connectivity index (χ4n) is 4.57. The molecule has 6 heterocycles. The van der Waals surface area contributed by atoms with Crippen molar-refractivity contribution in [3.8, 4) is 11.4 Å². The molecule has 6 rings (SSSR count). The van der Waals surface area contributed by atoms with Gasteiger partial charge < -0.3 is 14.6 Å². The number of aromatic nitrogens is 5. The lowest BCUT2D eigenvalue weighted by molar-refractivity contribution is 0.122. The average molecular weight is 515 g/mol. The fourth-order valence-corrected chi connectivity index (χ4v) is 6.46. The number of ether oxygens (including phenoxy) is 1. The highest BCUT2D eigenvalue weighted by atomic mass is 32.2. The molecule has 0 spiro atoms. The summed E-state index contributed by atoms with van der Waals surface area (Å²) in [6.45, 7) is 6.13. The molecule has 0 aromatic carbocycles. The SMILES string of the molecule is CS(=O)(=O)N1CCN(Cc2cc3c(N4CCOCC4)nc(-c4cnc5[nH]cnc5c4)nc3s2)CC1. The number of fused-ring (bicyclic) bond motifs is 2. The Kier molecular flexibility index (Phi) is 5.89. The number of thiophene rings is 1. The van der Waals surface area contributed by atoms with Gasteiger partial charge in [0.15, 0.2) is 11.5 Å². The van der Waals surface area contributed by atoms with Crippen LogP contribution in [0.4, 0.5) is 5.82 Å². The minimum absolute atomic E-state index is 0.523. The van der Waals surface area contributed by atoms with E-state index in [2.05, 4.69) is 30.8 Å². The molecule has 4 aromatic heterocycles. The van der Waals surface area contributed by atoms with Crippen molar-refractivity contribution in [2.45, 2.75) is 6.54 Å². The summed E-state index contributed by atoms with van der Waals surface area (Å²) >= 11 is 1.66. The molecule has 2 aliphatic rings. The number of aromatic amines is 1. The van der Waals surface area contributed by atoms with E-state index < -0.39 is 10.0 Å². The molecule has 2 aliphatic heterocycles. The highest BCUT2D eigenvalue weighted by Crippen LogP contribution is 2.34. The van der Waals surface area contributed by atoms with Crippen LogP contribution in [0, 0.1) is 0 Å². The molecule has 35 heavy (non-hydrogen) atoms. The lowest BCUT2D eigenvalue weighted by Gasteiger charge is -2.32. The second-order valence-corrected chi connectivity index (χ2v) is 11.9. The Hall–Kier alpha value is -2.71. The van der Waals surface area contributed by atoms with Crippen molar-refractivity contribution in [1.82, 2.24) is 34.1 Å². The number of piperazine rings is 1. The summed E-state index contributed by atoms with van der Waals surface area (Å²) in [7, 11) is -3.14. The first-order valence-electron chi connectivity index (χ1n) is 11.5. The second kappa shape index (κ2) is 9.06. The quantitative estimate of drug-likeness (QED) is 0.423. The van der Waals surface area contributed by atoms with Crippen molar-refractivity contribution >= 4 is 48.6 Å². The Bertz CT molecular complexity index is 1470. The van der Waals surface area contributed by atoms with Crippen LogP contribution in [0.2, 0.25) is 0 Å². The zero-order valence-corrected chi connectivity index (χ0v) is 21.0. The number of hydrogen-bond acceptors (Lipinski definition) is 10. The van der Waals surface area contributed by atoms with Gasteiger partial charge in [0.05, 0.1) is 31.2 Å². The second-order valence-electron chi connectivity index (χ2n) is 8.83. The van der Waals surface area contributed by atoms with Gasteiger partial charge in [-0.05, 0) is 12.1 Å². The van der Waals surface area contributed by atoms with Crippen LogP contribution in [-0.2, 0) is 21.3 Å². The van der Waals surface area contributed by atoms with E-state index in [0.29, 0.717) is 45.2 Å². The first kappa shape index (κ1) is 22.7. The predicted molar refractivity (Wildman–Crippen MR) is 135 cm³/mol. The molecule has 0 radical (unpaired) electrons. The standard InChI is InChI=1S/C22H26N8O3S2/c1-35(31,32)30-4-2-28(3-5-30)13-16-11-17-21(29-6-8-33-9-7-29)26-19(27-22(17)34-16)15-10-18-20(23-12-15)25-14-24-18/h10-12,14H,2-9,13H2,1H3,(H,23,24,25). The lowest BCUT2D eigenvalue weighted by Crippen LogP contribution is -2.47. The molecular formula is C22H26N8O3S2. The first-order chi connectivity index (χ1) is 16.9.